The molecule has 0 heterocycles. The molecule has 2 aromatic carbocycles. The van der Waals surface area contributed by atoms with Crippen molar-refractivity contribution in [2.24, 2.45) is 5.16 Å². The largest absolute Gasteiger partial charge is 0.497 e. The average molecular weight is 326 g/mol. The first-order valence-electron chi connectivity index (χ1n) is 7.56. The van der Waals surface area contributed by atoms with Crippen LogP contribution in [0.3, 0.4) is 0 Å². The van der Waals surface area contributed by atoms with Crippen molar-refractivity contribution < 1.29 is 19.1 Å². The molecule has 0 aromatic heterocycles. The first kappa shape index (κ1) is 15.9. The van der Waals surface area contributed by atoms with Gasteiger partial charge in [-0.25, -0.2) is 4.79 Å². The highest BCUT2D eigenvalue weighted by Crippen LogP contribution is 2.26. The number of nitrogens with zero attached hydrogens (tertiary/aromatic N) is 1. The Balaban J connectivity index is 1.63. The van der Waals surface area contributed by atoms with Gasteiger partial charge in [-0.05, 0) is 60.9 Å². The van der Waals surface area contributed by atoms with Crippen molar-refractivity contribution in [2.45, 2.75) is 12.8 Å². The van der Waals surface area contributed by atoms with Crippen LogP contribution in [0, 0.1) is 0 Å². The predicted octanol–water partition coefficient (Wildman–Crippen LogP) is 3.60. The molecule has 1 N–H and O–H groups in total. The summed E-state index contributed by atoms with van der Waals surface area (Å²) in [5.74, 6) is 1.53. The number of benzene rings is 2. The SMILES string of the molecule is COc1ccc(NC(=O)O/N=C2\CCc3cc(OC)ccc32)cc1. The third kappa shape index (κ3) is 3.48. The number of rotatable bonds is 4. The van der Waals surface area contributed by atoms with E-state index in [-0.39, 0.29) is 0 Å². The lowest BCUT2D eigenvalue weighted by atomic mass is 10.1. The second-order valence-corrected chi connectivity index (χ2v) is 5.29. The van der Waals surface area contributed by atoms with Gasteiger partial charge in [-0.15, -0.1) is 0 Å². The standard InChI is InChI=1S/C18H18N2O4/c1-22-14-6-4-13(5-7-14)19-18(21)24-20-17-10-3-12-11-15(23-2)8-9-16(12)17/h4-9,11H,3,10H2,1-2H3,(H,19,21)/b20-17+. The summed E-state index contributed by atoms with van der Waals surface area (Å²) < 4.78 is 10.3. The summed E-state index contributed by atoms with van der Waals surface area (Å²) in [5, 5.41) is 6.60. The Hall–Kier alpha value is -3.02. The number of carbonyl (C=O) groups is 1. The van der Waals surface area contributed by atoms with Crippen molar-refractivity contribution in [3.05, 3.63) is 53.6 Å². The van der Waals surface area contributed by atoms with E-state index in [1.165, 1.54) is 0 Å². The second kappa shape index (κ2) is 7.04. The third-order valence-corrected chi connectivity index (χ3v) is 3.83. The van der Waals surface area contributed by atoms with E-state index in [4.69, 9.17) is 14.3 Å². The Morgan fingerprint density at radius 2 is 1.71 bits per heavy atom. The molecule has 0 spiro atoms. The van der Waals surface area contributed by atoms with Gasteiger partial charge >= 0.3 is 6.09 Å². The van der Waals surface area contributed by atoms with Crippen LogP contribution in [-0.2, 0) is 11.3 Å². The molecule has 2 aromatic rings. The summed E-state index contributed by atoms with van der Waals surface area (Å²) >= 11 is 0. The number of hydrogen-bond acceptors (Lipinski definition) is 5. The van der Waals surface area contributed by atoms with E-state index >= 15 is 0 Å². The lowest BCUT2D eigenvalue weighted by molar-refractivity contribution is 0.166. The minimum Gasteiger partial charge on any atom is -0.497 e. The van der Waals surface area contributed by atoms with Gasteiger partial charge in [-0.3, -0.25) is 10.2 Å². The molecule has 6 heteroatoms. The Labute approximate surface area is 140 Å². The second-order valence-electron chi connectivity index (χ2n) is 5.29. The summed E-state index contributed by atoms with van der Waals surface area (Å²) in [6.45, 7) is 0. The van der Waals surface area contributed by atoms with Gasteiger partial charge in [0.05, 0.1) is 19.9 Å². The van der Waals surface area contributed by atoms with Crippen molar-refractivity contribution in [3.8, 4) is 11.5 Å². The van der Waals surface area contributed by atoms with Crippen LogP contribution in [0.5, 0.6) is 11.5 Å². The van der Waals surface area contributed by atoms with Gasteiger partial charge in [0.2, 0.25) is 0 Å². The molecule has 124 valence electrons. The molecule has 1 aliphatic rings. The number of amides is 1. The van der Waals surface area contributed by atoms with Gasteiger partial charge in [-0.1, -0.05) is 5.16 Å². The topological polar surface area (TPSA) is 69.2 Å². The molecule has 0 saturated heterocycles. The fourth-order valence-electron chi connectivity index (χ4n) is 2.58. The highest BCUT2D eigenvalue weighted by molar-refractivity contribution is 6.04. The van der Waals surface area contributed by atoms with Crippen molar-refractivity contribution in [3.63, 3.8) is 0 Å². The molecule has 0 saturated carbocycles. The first-order chi connectivity index (χ1) is 11.7. The van der Waals surface area contributed by atoms with Gasteiger partial charge in [0.25, 0.3) is 0 Å². The number of fused-ring (bicyclic) bond motifs is 1. The minimum absolute atomic E-state index is 0.609. The molecule has 1 aliphatic carbocycles. The van der Waals surface area contributed by atoms with Crippen LogP contribution in [0.4, 0.5) is 10.5 Å². The highest BCUT2D eigenvalue weighted by atomic mass is 16.7. The van der Waals surface area contributed by atoms with Crippen LogP contribution in [0.2, 0.25) is 0 Å². The van der Waals surface area contributed by atoms with Crippen molar-refractivity contribution >= 4 is 17.5 Å². The predicted molar refractivity (Wildman–Crippen MR) is 90.9 cm³/mol. The van der Waals surface area contributed by atoms with Crippen LogP contribution in [0.15, 0.2) is 47.6 Å². The number of ether oxygens (including phenoxy) is 2. The molecule has 0 bridgehead atoms. The van der Waals surface area contributed by atoms with Crippen LogP contribution in [0.1, 0.15) is 17.5 Å². The van der Waals surface area contributed by atoms with E-state index in [9.17, 15) is 4.79 Å². The molecule has 6 nitrogen and oxygen atoms in total. The zero-order chi connectivity index (χ0) is 16.9. The highest BCUT2D eigenvalue weighted by Gasteiger charge is 2.19. The fraction of sp³-hybridized carbons (Fsp3) is 0.222. The molecular formula is C18H18N2O4. The number of oxime groups is 1. The maximum absolute atomic E-state index is 11.8. The quantitative estimate of drug-likeness (QED) is 0.688. The summed E-state index contributed by atoms with van der Waals surface area (Å²) in [6, 6.07) is 12.7. The molecule has 24 heavy (non-hydrogen) atoms. The van der Waals surface area contributed by atoms with Gasteiger partial charge < -0.3 is 9.47 Å². The third-order valence-electron chi connectivity index (χ3n) is 3.83. The number of aryl methyl sites for hydroxylation is 1. The minimum atomic E-state index is -0.630. The number of methoxy groups -OCH3 is 2. The molecule has 0 atom stereocenters. The van der Waals surface area contributed by atoms with E-state index < -0.39 is 6.09 Å². The van der Waals surface area contributed by atoms with E-state index in [2.05, 4.69) is 10.5 Å². The first-order valence-corrected chi connectivity index (χ1v) is 7.56. The molecular weight excluding hydrogens is 308 g/mol. The monoisotopic (exact) mass is 326 g/mol. The molecule has 3 rings (SSSR count). The van der Waals surface area contributed by atoms with Crippen molar-refractivity contribution in [1.82, 2.24) is 0 Å². The van der Waals surface area contributed by atoms with Gasteiger partial charge in [0.1, 0.15) is 11.5 Å². The normalized spacial score (nSPS) is 14.2. The Kier molecular flexibility index (Phi) is 4.65. The average Bonchev–Trinajstić information content (AvgIpc) is 3.02. The van der Waals surface area contributed by atoms with Crippen molar-refractivity contribution in [1.29, 1.82) is 0 Å². The zero-order valence-corrected chi connectivity index (χ0v) is 13.5. The summed E-state index contributed by atoms with van der Waals surface area (Å²) in [6.07, 6.45) is 0.960. The maximum atomic E-state index is 11.8. The van der Waals surface area contributed by atoms with E-state index in [1.807, 2.05) is 18.2 Å². The Bertz CT molecular complexity index is 769. The van der Waals surface area contributed by atoms with Crippen LogP contribution < -0.4 is 14.8 Å². The number of carbonyl (C=O) groups excluding carboxylic acids is 1. The zero-order valence-electron chi connectivity index (χ0n) is 13.5. The Morgan fingerprint density at radius 3 is 2.42 bits per heavy atom. The van der Waals surface area contributed by atoms with Crippen LogP contribution in [0.25, 0.3) is 0 Å². The summed E-state index contributed by atoms with van der Waals surface area (Å²) in [5.41, 5.74) is 3.51. The number of nitrogens with one attached hydrogen (secondary N) is 1. The lowest BCUT2D eigenvalue weighted by Crippen LogP contribution is -2.12. The van der Waals surface area contributed by atoms with E-state index in [1.54, 1.807) is 38.5 Å². The molecule has 0 aliphatic heterocycles. The lowest BCUT2D eigenvalue weighted by Gasteiger charge is -2.05. The number of anilines is 1. The van der Waals surface area contributed by atoms with Gasteiger partial charge in [-0.2, -0.15) is 0 Å². The van der Waals surface area contributed by atoms with Gasteiger partial charge in [0.15, 0.2) is 0 Å². The van der Waals surface area contributed by atoms with E-state index in [0.29, 0.717) is 11.4 Å². The smallest absolute Gasteiger partial charge is 0.437 e. The maximum Gasteiger partial charge on any atom is 0.437 e. The molecule has 0 unspecified atom stereocenters. The molecule has 0 radical (unpaired) electrons. The van der Waals surface area contributed by atoms with Gasteiger partial charge in [0, 0.05) is 11.3 Å². The summed E-state index contributed by atoms with van der Waals surface area (Å²) in [7, 11) is 3.22. The van der Waals surface area contributed by atoms with E-state index in [0.717, 1.165) is 35.4 Å². The summed E-state index contributed by atoms with van der Waals surface area (Å²) in [4.78, 5) is 16.8. The Morgan fingerprint density at radius 1 is 1.00 bits per heavy atom. The number of hydrogen-bond donors (Lipinski definition) is 1. The van der Waals surface area contributed by atoms with Crippen molar-refractivity contribution in [2.75, 3.05) is 19.5 Å². The van der Waals surface area contributed by atoms with Crippen LogP contribution in [-0.4, -0.2) is 26.0 Å². The van der Waals surface area contributed by atoms with Crippen LogP contribution >= 0.6 is 0 Å². The molecule has 0 fully saturated rings. The fourth-order valence-corrected chi connectivity index (χ4v) is 2.58. The molecule has 1 amide bonds.